The molecule has 4 heteroatoms. The van der Waals surface area contributed by atoms with E-state index in [1.54, 1.807) is 12.4 Å². The quantitative estimate of drug-likeness (QED) is 0.531. The number of nitrogens with zero attached hydrogens (tertiary/aromatic N) is 2. The molecule has 1 fully saturated rings. The summed E-state index contributed by atoms with van der Waals surface area (Å²) >= 11 is 0. The van der Waals surface area contributed by atoms with E-state index in [1.165, 1.54) is 0 Å². The van der Waals surface area contributed by atoms with Crippen molar-refractivity contribution in [2.45, 2.75) is 0 Å². The van der Waals surface area contributed by atoms with Crippen LogP contribution in [0.25, 0.3) is 0 Å². The Hall–Kier alpha value is -1.00. The van der Waals surface area contributed by atoms with Gasteiger partial charge in [-0.05, 0) is 12.1 Å². The van der Waals surface area contributed by atoms with E-state index in [0.717, 1.165) is 19.8 Å². The van der Waals surface area contributed by atoms with Crippen LogP contribution in [-0.4, -0.2) is 30.0 Å². The van der Waals surface area contributed by atoms with Gasteiger partial charge in [0.25, 0.3) is 0 Å². The van der Waals surface area contributed by atoms with Crippen LogP contribution in [0.15, 0.2) is 24.5 Å². The van der Waals surface area contributed by atoms with E-state index >= 15 is 0 Å². The van der Waals surface area contributed by atoms with Gasteiger partial charge in [-0.2, -0.15) is 10.2 Å². The lowest BCUT2D eigenvalue weighted by Crippen LogP contribution is -2.11. The number of hydrogen-bond acceptors (Lipinski definition) is 4. The minimum absolute atomic E-state index is 1.00. The first kappa shape index (κ1) is 8.10. The van der Waals surface area contributed by atoms with Gasteiger partial charge in [-0.1, -0.05) is 0 Å². The van der Waals surface area contributed by atoms with Crippen LogP contribution >= 0.6 is 0 Å². The molecule has 0 unspecified atom stereocenters. The highest BCUT2D eigenvalue weighted by Gasteiger charge is 1.90. The van der Waals surface area contributed by atoms with Gasteiger partial charge in [0.2, 0.25) is 0 Å². The summed E-state index contributed by atoms with van der Waals surface area (Å²) in [5.74, 6) is 0. The van der Waals surface area contributed by atoms with Crippen molar-refractivity contribution in [3.63, 3.8) is 0 Å². The Morgan fingerprint density at radius 3 is 1.64 bits per heavy atom. The van der Waals surface area contributed by atoms with Crippen molar-refractivity contribution in [2.75, 3.05) is 19.8 Å². The van der Waals surface area contributed by atoms with Gasteiger partial charge in [0.15, 0.2) is 0 Å². The van der Waals surface area contributed by atoms with Crippen LogP contribution in [0.2, 0.25) is 0 Å². The normalized spacial score (nSPS) is 15.3. The van der Waals surface area contributed by atoms with E-state index in [1.807, 2.05) is 12.1 Å². The Balaban J connectivity index is 0.000000112. The van der Waals surface area contributed by atoms with E-state index in [-0.39, 0.29) is 0 Å². The molecule has 1 aliphatic rings. The number of rotatable bonds is 0. The SMILES string of the molecule is C1CNCN1.c1ccnnc1. The highest BCUT2D eigenvalue weighted by Crippen LogP contribution is 1.68. The van der Waals surface area contributed by atoms with Crippen LogP contribution in [-0.2, 0) is 0 Å². The third kappa shape index (κ3) is 4.41. The molecular formula is C7H12N4. The smallest absolute Gasteiger partial charge is 0.0496 e. The largest absolute Gasteiger partial charge is 0.303 e. The Labute approximate surface area is 66.0 Å². The fraction of sp³-hybridized carbons (Fsp3) is 0.429. The summed E-state index contributed by atoms with van der Waals surface area (Å²) < 4.78 is 0. The van der Waals surface area contributed by atoms with Crippen LogP contribution in [0.5, 0.6) is 0 Å². The van der Waals surface area contributed by atoms with Gasteiger partial charge in [-0.3, -0.25) is 0 Å². The average Bonchev–Trinajstić information content (AvgIpc) is 2.64. The molecule has 4 nitrogen and oxygen atoms in total. The molecule has 0 atom stereocenters. The zero-order valence-electron chi connectivity index (χ0n) is 6.33. The molecule has 11 heavy (non-hydrogen) atoms. The number of hydrogen-bond donors (Lipinski definition) is 2. The van der Waals surface area contributed by atoms with Crippen molar-refractivity contribution in [2.24, 2.45) is 0 Å². The van der Waals surface area contributed by atoms with Crippen LogP contribution in [0.3, 0.4) is 0 Å². The van der Waals surface area contributed by atoms with E-state index < -0.39 is 0 Å². The second-order valence-electron chi connectivity index (χ2n) is 2.09. The summed E-state index contributed by atoms with van der Waals surface area (Å²) in [4.78, 5) is 0. The van der Waals surface area contributed by atoms with Crippen molar-refractivity contribution in [1.29, 1.82) is 0 Å². The fourth-order valence-corrected chi connectivity index (χ4v) is 0.695. The molecule has 1 aliphatic heterocycles. The van der Waals surface area contributed by atoms with Crippen LogP contribution in [0.4, 0.5) is 0 Å². The Morgan fingerprint density at radius 2 is 1.45 bits per heavy atom. The Morgan fingerprint density at radius 1 is 0.909 bits per heavy atom. The number of aromatic nitrogens is 2. The molecule has 0 radical (unpaired) electrons. The van der Waals surface area contributed by atoms with E-state index in [4.69, 9.17) is 0 Å². The maximum atomic E-state index is 3.53. The third-order valence-corrected chi connectivity index (χ3v) is 1.21. The lowest BCUT2D eigenvalue weighted by molar-refractivity contribution is 0.807. The molecule has 0 spiro atoms. The molecule has 0 amide bonds. The van der Waals surface area contributed by atoms with Crippen LogP contribution < -0.4 is 10.6 Å². The second-order valence-corrected chi connectivity index (χ2v) is 2.09. The standard InChI is InChI=1S/C4H4N2.C3H8N2/c1-2-4-6-5-3-1;1-2-5-3-4-1/h1-4H;4-5H,1-3H2. The van der Waals surface area contributed by atoms with Crippen molar-refractivity contribution in [3.8, 4) is 0 Å². The summed E-state index contributed by atoms with van der Waals surface area (Å²) in [5, 5.41) is 13.3. The van der Waals surface area contributed by atoms with Gasteiger partial charge in [-0.15, -0.1) is 0 Å². The predicted molar refractivity (Wildman–Crippen MR) is 42.9 cm³/mol. The second kappa shape index (κ2) is 5.76. The Kier molecular flexibility index (Phi) is 4.24. The molecule has 2 heterocycles. The van der Waals surface area contributed by atoms with E-state index in [2.05, 4.69) is 20.8 Å². The topological polar surface area (TPSA) is 49.8 Å². The monoisotopic (exact) mass is 152 g/mol. The van der Waals surface area contributed by atoms with Gasteiger partial charge >= 0.3 is 0 Å². The zero-order chi connectivity index (χ0) is 7.78. The predicted octanol–water partition coefficient (Wildman–Crippen LogP) is -0.387. The summed E-state index contributed by atoms with van der Waals surface area (Å²) in [6, 6.07) is 3.65. The minimum Gasteiger partial charge on any atom is -0.303 e. The molecule has 2 N–H and O–H groups in total. The van der Waals surface area contributed by atoms with Crippen molar-refractivity contribution >= 4 is 0 Å². The summed E-state index contributed by atoms with van der Waals surface area (Å²) in [6.07, 6.45) is 3.28. The molecule has 0 aromatic carbocycles. The first-order valence-corrected chi connectivity index (χ1v) is 3.63. The highest BCUT2D eigenvalue weighted by molar-refractivity contribution is 4.79. The third-order valence-electron chi connectivity index (χ3n) is 1.21. The molecule has 1 aromatic rings. The minimum atomic E-state index is 1.00. The van der Waals surface area contributed by atoms with E-state index in [9.17, 15) is 0 Å². The molecule has 0 bridgehead atoms. The summed E-state index contributed by atoms with van der Waals surface area (Å²) in [6.45, 7) is 3.28. The van der Waals surface area contributed by atoms with Crippen LogP contribution in [0.1, 0.15) is 0 Å². The van der Waals surface area contributed by atoms with Gasteiger partial charge in [-0.25, -0.2) is 0 Å². The molecule has 60 valence electrons. The van der Waals surface area contributed by atoms with Gasteiger partial charge in [0.05, 0.1) is 0 Å². The van der Waals surface area contributed by atoms with Crippen molar-refractivity contribution in [3.05, 3.63) is 24.5 Å². The number of nitrogens with one attached hydrogen (secondary N) is 2. The molecule has 0 aliphatic carbocycles. The summed E-state index contributed by atoms with van der Waals surface area (Å²) in [7, 11) is 0. The highest BCUT2D eigenvalue weighted by atomic mass is 15.1. The van der Waals surface area contributed by atoms with Gasteiger partial charge in [0.1, 0.15) is 0 Å². The van der Waals surface area contributed by atoms with Crippen LogP contribution in [0, 0.1) is 0 Å². The maximum absolute atomic E-state index is 3.53. The lowest BCUT2D eigenvalue weighted by Gasteiger charge is -1.77. The fourth-order valence-electron chi connectivity index (χ4n) is 0.695. The molecule has 1 saturated heterocycles. The maximum Gasteiger partial charge on any atom is 0.0496 e. The molecule has 0 saturated carbocycles. The van der Waals surface area contributed by atoms with Gasteiger partial charge in [0, 0.05) is 32.2 Å². The van der Waals surface area contributed by atoms with E-state index in [0.29, 0.717) is 0 Å². The van der Waals surface area contributed by atoms with Crippen molar-refractivity contribution < 1.29 is 0 Å². The molecule has 1 aromatic heterocycles. The van der Waals surface area contributed by atoms with Crippen molar-refractivity contribution in [1.82, 2.24) is 20.8 Å². The molecular weight excluding hydrogens is 140 g/mol. The van der Waals surface area contributed by atoms with Gasteiger partial charge < -0.3 is 10.6 Å². The summed E-state index contributed by atoms with van der Waals surface area (Å²) in [5.41, 5.74) is 0. The Bertz CT molecular complexity index is 127. The average molecular weight is 152 g/mol. The first-order chi connectivity index (χ1) is 5.50. The first-order valence-electron chi connectivity index (χ1n) is 3.63. The lowest BCUT2D eigenvalue weighted by atomic mass is 10.6. The molecule has 2 rings (SSSR count). The zero-order valence-corrected chi connectivity index (χ0v) is 6.33.